The van der Waals surface area contributed by atoms with E-state index in [2.05, 4.69) is 25.4 Å². The standard InChI is InChI=1S/C25H21N7O/c1-31(24(33)20-11-13-26-14-12-20)21-9-7-18(8-10-21)16-27-23-15-22(19-5-3-2-4-6-19)30-25-28-17-29-32(23)25/h2-15,17,27H,16H2,1H3. The number of benzene rings is 2. The van der Waals surface area contributed by atoms with Crippen molar-refractivity contribution >= 4 is 23.2 Å². The Kier molecular flexibility index (Phi) is 5.47. The fourth-order valence-corrected chi connectivity index (χ4v) is 3.53. The third-order valence-corrected chi connectivity index (χ3v) is 5.35. The first-order chi connectivity index (χ1) is 16.2. The molecule has 5 rings (SSSR count). The number of hydrogen-bond acceptors (Lipinski definition) is 6. The third kappa shape index (κ3) is 4.27. The molecule has 1 N–H and O–H groups in total. The van der Waals surface area contributed by atoms with E-state index in [4.69, 9.17) is 0 Å². The van der Waals surface area contributed by atoms with Crippen LogP contribution in [0.3, 0.4) is 0 Å². The lowest BCUT2D eigenvalue weighted by atomic mass is 10.1. The van der Waals surface area contributed by atoms with E-state index in [9.17, 15) is 4.79 Å². The minimum absolute atomic E-state index is 0.0814. The first-order valence-corrected chi connectivity index (χ1v) is 10.5. The fraction of sp³-hybridized carbons (Fsp3) is 0.0800. The van der Waals surface area contributed by atoms with E-state index >= 15 is 0 Å². The maximum Gasteiger partial charge on any atom is 0.258 e. The van der Waals surface area contributed by atoms with Crippen LogP contribution >= 0.6 is 0 Å². The normalized spacial score (nSPS) is 10.8. The van der Waals surface area contributed by atoms with Crippen LogP contribution in [-0.4, -0.2) is 37.5 Å². The Hall–Kier alpha value is -4.59. The van der Waals surface area contributed by atoms with E-state index in [-0.39, 0.29) is 5.91 Å². The van der Waals surface area contributed by atoms with Gasteiger partial charge in [-0.15, -0.1) is 0 Å². The van der Waals surface area contributed by atoms with Gasteiger partial charge in [0.05, 0.1) is 5.69 Å². The molecule has 0 aliphatic rings. The van der Waals surface area contributed by atoms with Crippen molar-refractivity contribution in [2.24, 2.45) is 0 Å². The number of pyridine rings is 1. The second-order valence-electron chi connectivity index (χ2n) is 7.48. The number of hydrogen-bond donors (Lipinski definition) is 1. The zero-order valence-corrected chi connectivity index (χ0v) is 18.0. The topological polar surface area (TPSA) is 88.3 Å². The van der Waals surface area contributed by atoms with E-state index in [1.54, 1.807) is 41.0 Å². The molecule has 0 atom stereocenters. The molecule has 5 aromatic rings. The molecule has 0 spiro atoms. The Bertz CT molecular complexity index is 1380. The number of nitrogens with one attached hydrogen (secondary N) is 1. The van der Waals surface area contributed by atoms with Crippen molar-refractivity contribution in [1.82, 2.24) is 24.6 Å². The van der Waals surface area contributed by atoms with Gasteiger partial charge in [0, 0.05) is 48.9 Å². The highest BCUT2D eigenvalue weighted by molar-refractivity contribution is 6.05. The summed E-state index contributed by atoms with van der Waals surface area (Å²) in [6.07, 6.45) is 4.72. The lowest BCUT2D eigenvalue weighted by Gasteiger charge is -2.18. The largest absolute Gasteiger partial charge is 0.366 e. The molecule has 0 aliphatic heterocycles. The molecule has 0 radical (unpaired) electrons. The fourth-order valence-electron chi connectivity index (χ4n) is 3.53. The third-order valence-electron chi connectivity index (χ3n) is 5.35. The van der Waals surface area contributed by atoms with Crippen LogP contribution in [0.1, 0.15) is 15.9 Å². The number of anilines is 2. The molecular formula is C25H21N7O. The summed E-state index contributed by atoms with van der Waals surface area (Å²) in [5.74, 6) is 1.25. The van der Waals surface area contributed by atoms with Crippen molar-refractivity contribution in [3.8, 4) is 11.3 Å². The van der Waals surface area contributed by atoms with Gasteiger partial charge in [-0.1, -0.05) is 42.5 Å². The predicted molar refractivity (Wildman–Crippen MR) is 127 cm³/mol. The second-order valence-corrected chi connectivity index (χ2v) is 7.48. The smallest absolute Gasteiger partial charge is 0.258 e. The Morgan fingerprint density at radius 1 is 1.00 bits per heavy atom. The van der Waals surface area contributed by atoms with Gasteiger partial charge in [0.25, 0.3) is 11.7 Å². The van der Waals surface area contributed by atoms with Gasteiger partial charge in [-0.25, -0.2) is 4.98 Å². The van der Waals surface area contributed by atoms with Gasteiger partial charge in [0.15, 0.2) is 0 Å². The molecule has 0 fully saturated rings. The van der Waals surface area contributed by atoms with Crippen molar-refractivity contribution in [1.29, 1.82) is 0 Å². The van der Waals surface area contributed by atoms with Crippen LogP contribution in [0.15, 0.2) is 91.5 Å². The average molecular weight is 435 g/mol. The Labute approximate surface area is 190 Å². The molecule has 162 valence electrons. The van der Waals surface area contributed by atoms with Crippen molar-refractivity contribution in [3.63, 3.8) is 0 Å². The predicted octanol–water partition coefficient (Wildman–Crippen LogP) is 4.08. The highest BCUT2D eigenvalue weighted by atomic mass is 16.2. The molecule has 0 saturated heterocycles. The first-order valence-electron chi connectivity index (χ1n) is 10.5. The van der Waals surface area contributed by atoms with Crippen LogP contribution in [-0.2, 0) is 6.54 Å². The maximum absolute atomic E-state index is 12.7. The Balaban J connectivity index is 1.33. The van der Waals surface area contributed by atoms with E-state index in [0.29, 0.717) is 17.9 Å². The average Bonchev–Trinajstić information content (AvgIpc) is 3.37. The lowest BCUT2D eigenvalue weighted by Crippen LogP contribution is -2.26. The van der Waals surface area contributed by atoms with Gasteiger partial charge in [-0.05, 0) is 29.8 Å². The molecule has 0 bridgehead atoms. The zero-order chi connectivity index (χ0) is 22.6. The van der Waals surface area contributed by atoms with Crippen LogP contribution in [0, 0.1) is 0 Å². The lowest BCUT2D eigenvalue weighted by molar-refractivity contribution is 0.0993. The van der Waals surface area contributed by atoms with Crippen molar-refractivity contribution < 1.29 is 4.79 Å². The van der Waals surface area contributed by atoms with Crippen molar-refractivity contribution in [3.05, 3.63) is 103 Å². The van der Waals surface area contributed by atoms with E-state index in [0.717, 1.165) is 28.3 Å². The van der Waals surface area contributed by atoms with Crippen LogP contribution < -0.4 is 10.2 Å². The van der Waals surface area contributed by atoms with E-state index in [1.807, 2.05) is 60.7 Å². The van der Waals surface area contributed by atoms with Gasteiger partial charge < -0.3 is 10.2 Å². The number of nitrogens with zero attached hydrogens (tertiary/aromatic N) is 6. The number of fused-ring (bicyclic) bond motifs is 1. The molecule has 1 amide bonds. The van der Waals surface area contributed by atoms with E-state index < -0.39 is 0 Å². The molecule has 33 heavy (non-hydrogen) atoms. The quantitative estimate of drug-likeness (QED) is 0.432. The minimum Gasteiger partial charge on any atom is -0.366 e. The highest BCUT2D eigenvalue weighted by Crippen LogP contribution is 2.22. The molecule has 3 aromatic heterocycles. The summed E-state index contributed by atoms with van der Waals surface area (Å²) in [5.41, 5.74) is 4.31. The first kappa shape index (κ1) is 20.3. The Morgan fingerprint density at radius 3 is 2.52 bits per heavy atom. The number of amides is 1. The van der Waals surface area contributed by atoms with Gasteiger partial charge in [0.1, 0.15) is 12.1 Å². The van der Waals surface area contributed by atoms with Crippen molar-refractivity contribution in [2.75, 3.05) is 17.3 Å². The number of aromatic nitrogens is 5. The van der Waals surface area contributed by atoms with E-state index in [1.165, 1.54) is 6.33 Å². The Morgan fingerprint density at radius 2 is 1.76 bits per heavy atom. The number of carbonyl (C=O) groups is 1. The summed E-state index contributed by atoms with van der Waals surface area (Å²) < 4.78 is 1.68. The minimum atomic E-state index is -0.0814. The summed E-state index contributed by atoms with van der Waals surface area (Å²) in [6, 6.07) is 23.2. The summed E-state index contributed by atoms with van der Waals surface area (Å²) in [5, 5.41) is 7.71. The zero-order valence-electron chi connectivity index (χ0n) is 18.0. The van der Waals surface area contributed by atoms with Gasteiger partial charge in [-0.2, -0.15) is 14.6 Å². The molecule has 3 heterocycles. The molecule has 0 saturated carbocycles. The van der Waals surface area contributed by atoms with Crippen LogP contribution in [0.5, 0.6) is 0 Å². The van der Waals surface area contributed by atoms with Crippen molar-refractivity contribution in [2.45, 2.75) is 6.54 Å². The number of rotatable bonds is 6. The molecular weight excluding hydrogens is 414 g/mol. The monoisotopic (exact) mass is 435 g/mol. The van der Waals surface area contributed by atoms with Gasteiger partial charge in [-0.3, -0.25) is 9.78 Å². The molecule has 2 aromatic carbocycles. The molecule has 8 heteroatoms. The summed E-state index contributed by atoms with van der Waals surface area (Å²) in [7, 11) is 1.76. The SMILES string of the molecule is CN(C(=O)c1ccncc1)c1ccc(CNc2cc(-c3ccccc3)nc3ncnn23)cc1. The second kappa shape index (κ2) is 8.88. The summed E-state index contributed by atoms with van der Waals surface area (Å²) >= 11 is 0. The summed E-state index contributed by atoms with van der Waals surface area (Å²) in [6.45, 7) is 0.579. The van der Waals surface area contributed by atoms with Crippen LogP contribution in [0.2, 0.25) is 0 Å². The van der Waals surface area contributed by atoms with Gasteiger partial charge in [0.2, 0.25) is 0 Å². The highest BCUT2D eigenvalue weighted by Gasteiger charge is 2.13. The van der Waals surface area contributed by atoms with Crippen LogP contribution in [0.4, 0.5) is 11.5 Å². The molecule has 8 nitrogen and oxygen atoms in total. The summed E-state index contributed by atoms with van der Waals surface area (Å²) in [4.78, 5) is 27.1. The maximum atomic E-state index is 12.7. The number of carbonyl (C=O) groups excluding carboxylic acids is 1. The molecule has 0 aliphatic carbocycles. The van der Waals surface area contributed by atoms with Gasteiger partial charge >= 0.3 is 0 Å². The molecule has 0 unspecified atom stereocenters. The van der Waals surface area contributed by atoms with Crippen LogP contribution in [0.25, 0.3) is 17.0 Å².